The van der Waals surface area contributed by atoms with Gasteiger partial charge in [-0.3, -0.25) is 19.6 Å². The summed E-state index contributed by atoms with van der Waals surface area (Å²) in [6.07, 6.45) is 7.94. The van der Waals surface area contributed by atoms with Crippen molar-refractivity contribution in [2.75, 3.05) is 13.1 Å². The van der Waals surface area contributed by atoms with Crippen LogP contribution in [0.4, 0.5) is 0 Å². The second-order valence-corrected chi connectivity index (χ2v) is 5.93. The quantitative estimate of drug-likeness (QED) is 0.866. The number of nitrogens with zero attached hydrogens (tertiary/aromatic N) is 3. The Hall–Kier alpha value is -2.76. The summed E-state index contributed by atoms with van der Waals surface area (Å²) in [5.74, 6) is -0.285. The van der Waals surface area contributed by atoms with E-state index in [2.05, 4.69) is 15.3 Å². The third-order valence-electron chi connectivity index (χ3n) is 4.17. The molecule has 24 heavy (non-hydrogen) atoms. The van der Waals surface area contributed by atoms with Gasteiger partial charge in [-0.1, -0.05) is 0 Å². The van der Waals surface area contributed by atoms with Crippen LogP contribution in [-0.4, -0.2) is 39.8 Å². The first kappa shape index (κ1) is 16.1. The summed E-state index contributed by atoms with van der Waals surface area (Å²) in [6.45, 7) is 1.57. The van der Waals surface area contributed by atoms with Crippen molar-refractivity contribution >= 4 is 11.8 Å². The molecule has 1 aliphatic rings. The van der Waals surface area contributed by atoms with Gasteiger partial charge in [-0.25, -0.2) is 0 Å². The van der Waals surface area contributed by atoms with E-state index in [-0.39, 0.29) is 24.2 Å². The van der Waals surface area contributed by atoms with Gasteiger partial charge in [-0.15, -0.1) is 0 Å². The van der Waals surface area contributed by atoms with Crippen molar-refractivity contribution in [3.05, 3.63) is 60.2 Å². The van der Waals surface area contributed by atoms with Gasteiger partial charge in [0.05, 0.1) is 5.92 Å². The van der Waals surface area contributed by atoms with Crippen LogP contribution in [0.5, 0.6) is 0 Å². The smallest absolute Gasteiger partial charge is 0.225 e. The van der Waals surface area contributed by atoms with E-state index in [0.717, 1.165) is 17.5 Å². The maximum Gasteiger partial charge on any atom is 0.225 e. The van der Waals surface area contributed by atoms with Gasteiger partial charge in [-0.05, 0) is 41.8 Å². The van der Waals surface area contributed by atoms with Crippen LogP contribution in [0.1, 0.15) is 17.5 Å². The molecule has 1 atom stereocenters. The Balaban J connectivity index is 1.47. The van der Waals surface area contributed by atoms with Crippen LogP contribution in [0.25, 0.3) is 0 Å². The maximum atomic E-state index is 12.3. The Bertz CT molecular complexity index is 691. The van der Waals surface area contributed by atoms with Crippen molar-refractivity contribution in [2.45, 2.75) is 19.4 Å². The number of rotatable bonds is 6. The molecular weight excluding hydrogens is 304 g/mol. The number of carbonyl (C=O) groups excluding carboxylic acids is 2. The zero-order chi connectivity index (χ0) is 16.8. The first-order chi connectivity index (χ1) is 11.7. The van der Waals surface area contributed by atoms with Gasteiger partial charge in [0.15, 0.2) is 0 Å². The van der Waals surface area contributed by atoms with Gasteiger partial charge < -0.3 is 10.2 Å². The highest BCUT2D eigenvalue weighted by Gasteiger charge is 2.33. The van der Waals surface area contributed by atoms with E-state index in [1.807, 2.05) is 24.3 Å². The van der Waals surface area contributed by atoms with Crippen molar-refractivity contribution < 1.29 is 9.59 Å². The SMILES string of the molecule is O=C(NCCc1ccncc1)[C@@H]1CC(=O)N(Cc2ccncc2)C1. The molecule has 3 rings (SSSR count). The number of amides is 2. The number of hydrogen-bond acceptors (Lipinski definition) is 4. The number of pyridine rings is 2. The second kappa shape index (κ2) is 7.68. The number of nitrogens with one attached hydrogen (secondary N) is 1. The molecule has 0 aromatic carbocycles. The van der Waals surface area contributed by atoms with Gasteiger partial charge in [0.2, 0.25) is 11.8 Å². The van der Waals surface area contributed by atoms with Crippen LogP contribution in [0, 0.1) is 5.92 Å². The summed E-state index contributed by atoms with van der Waals surface area (Å²) in [5, 5.41) is 2.93. The molecule has 2 aromatic rings. The largest absolute Gasteiger partial charge is 0.355 e. The summed E-state index contributed by atoms with van der Waals surface area (Å²) in [7, 11) is 0. The van der Waals surface area contributed by atoms with E-state index in [0.29, 0.717) is 19.6 Å². The van der Waals surface area contributed by atoms with Crippen LogP contribution in [0.2, 0.25) is 0 Å². The molecular formula is C18H20N4O2. The van der Waals surface area contributed by atoms with Crippen LogP contribution < -0.4 is 5.32 Å². The highest BCUT2D eigenvalue weighted by molar-refractivity contribution is 5.89. The zero-order valence-corrected chi connectivity index (χ0v) is 13.4. The molecule has 0 radical (unpaired) electrons. The highest BCUT2D eigenvalue weighted by Crippen LogP contribution is 2.20. The van der Waals surface area contributed by atoms with Crippen LogP contribution >= 0.6 is 0 Å². The molecule has 0 spiro atoms. The molecule has 1 fully saturated rings. The van der Waals surface area contributed by atoms with Crippen molar-refractivity contribution in [3.8, 4) is 0 Å². The van der Waals surface area contributed by atoms with Crippen LogP contribution in [0.3, 0.4) is 0 Å². The normalized spacial score (nSPS) is 17.1. The first-order valence-corrected chi connectivity index (χ1v) is 8.05. The average Bonchev–Trinajstić information content (AvgIpc) is 2.97. The third kappa shape index (κ3) is 4.16. The molecule has 2 amide bonds. The Morgan fingerprint density at radius 1 is 1.08 bits per heavy atom. The van der Waals surface area contributed by atoms with E-state index < -0.39 is 0 Å². The molecule has 6 heteroatoms. The molecule has 0 unspecified atom stereocenters. The Morgan fingerprint density at radius 2 is 1.71 bits per heavy atom. The monoisotopic (exact) mass is 324 g/mol. The fourth-order valence-corrected chi connectivity index (χ4v) is 2.83. The van der Waals surface area contributed by atoms with Gasteiger partial charge in [-0.2, -0.15) is 0 Å². The van der Waals surface area contributed by atoms with E-state index in [1.54, 1.807) is 29.7 Å². The predicted octanol–water partition coefficient (Wildman–Crippen LogP) is 1.18. The summed E-state index contributed by atoms with van der Waals surface area (Å²) >= 11 is 0. The molecule has 0 aliphatic carbocycles. The summed E-state index contributed by atoms with van der Waals surface area (Å²) in [4.78, 5) is 34.1. The van der Waals surface area contributed by atoms with Crippen molar-refractivity contribution in [1.82, 2.24) is 20.2 Å². The van der Waals surface area contributed by atoms with E-state index in [9.17, 15) is 9.59 Å². The van der Waals surface area contributed by atoms with Crippen LogP contribution in [-0.2, 0) is 22.6 Å². The lowest BCUT2D eigenvalue weighted by Crippen LogP contribution is -2.34. The third-order valence-corrected chi connectivity index (χ3v) is 4.17. The molecule has 1 saturated heterocycles. The van der Waals surface area contributed by atoms with E-state index in [4.69, 9.17) is 0 Å². The van der Waals surface area contributed by atoms with E-state index in [1.165, 1.54) is 0 Å². The molecule has 3 heterocycles. The first-order valence-electron chi connectivity index (χ1n) is 8.05. The fourth-order valence-electron chi connectivity index (χ4n) is 2.83. The maximum absolute atomic E-state index is 12.3. The number of likely N-dealkylation sites (tertiary alicyclic amines) is 1. The lowest BCUT2D eigenvalue weighted by Gasteiger charge is -2.16. The van der Waals surface area contributed by atoms with Crippen molar-refractivity contribution in [1.29, 1.82) is 0 Å². The van der Waals surface area contributed by atoms with Crippen LogP contribution in [0.15, 0.2) is 49.1 Å². The number of carbonyl (C=O) groups is 2. The van der Waals surface area contributed by atoms with E-state index >= 15 is 0 Å². The van der Waals surface area contributed by atoms with Crippen molar-refractivity contribution in [2.24, 2.45) is 5.92 Å². The molecule has 124 valence electrons. The topological polar surface area (TPSA) is 75.2 Å². The molecule has 1 N–H and O–H groups in total. The molecule has 0 bridgehead atoms. The molecule has 1 aliphatic heterocycles. The minimum atomic E-state index is -0.267. The summed E-state index contributed by atoms with van der Waals surface area (Å²) < 4.78 is 0. The van der Waals surface area contributed by atoms with Gasteiger partial charge in [0, 0.05) is 50.8 Å². The Morgan fingerprint density at radius 3 is 2.38 bits per heavy atom. The summed E-state index contributed by atoms with van der Waals surface area (Å²) in [5.41, 5.74) is 2.16. The lowest BCUT2D eigenvalue weighted by atomic mass is 10.1. The molecule has 2 aromatic heterocycles. The lowest BCUT2D eigenvalue weighted by molar-refractivity contribution is -0.129. The second-order valence-electron chi connectivity index (χ2n) is 5.93. The Labute approximate surface area is 140 Å². The van der Waals surface area contributed by atoms with Crippen molar-refractivity contribution in [3.63, 3.8) is 0 Å². The highest BCUT2D eigenvalue weighted by atomic mass is 16.2. The molecule has 6 nitrogen and oxygen atoms in total. The Kier molecular flexibility index (Phi) is 5.15. The predicted molar refractivity (Wildman–Crippen MR) is 88.7 cm³/mol. The zero-order valence-electron chi connectivity index (χ0n) is 13.4. The number of aromatic nitrogens is 2. The molecule has 0 saturated carbocycles. The van der Waals surface area contributed by atoms with Gasteiger partial charge in [0.25, 0.3) is 0 Å². The standard InChI is InChI=1S/C18H20N4O2/c23-17-11-16(13-22(17)12-15-3-8-20-9-4-15)18(24)21-10-5-14-1-6-19-7-2-14/h1-4,6-9,16H,5,10-13H2,(H,21,24)/t16-/m1/s1. The number of hydrogen-bond donors (Lipinski definition) is 1. The average molecular weight is 324 g/mol. The minimum Gasteiger partial charge on any atom is -0.355 e. The summed E-state index contributed by atoms with van der Waals surface area (Å²) in [6, 6.07) is 7.63. The van der Waals surface area contributed by atoms with Gasteiger partial charge >= 0.3 is 0 Å². The minimum absolute atomic E-state index is 0.0288. The fraction of sp³-hybridized carbons (Fsp3) is 0.333. The van der Waals surface area contributed by atoms with Gasteiger partial charge in [0.1, 0.15) is 0 Å².